The van der Waals surface area contributed by atoms with Crippen LogP contribution in [0.25, 0.3) is 22.2 Å². The van der Waals surface area contributed by atoms with Gasteiger partial charge in [-0.15, -0.1) is 0 Å². The maximum atomic E-state index is 13.7. The number of rotatable bonds is 3. The molecule has 1 fully saturated rings. The molecule has 1 saturated heterocycles. The van der Waals surface area contributed by atoms with Gasteiger partial charge >= 0.3 is 0 Å². The Morgan fingerprint density at radius 3 is 2.62 bits per heavy atom. The minimum Gasteiger partial charge on any atom is -0.367 e. The van der Waals surface area contributed by atoms with Gasteiger partial charge in [0.05, 0.1) is 22.3 Å². The summed E-state index contributed by atoms with van der Waals surface area (Å²) < 4.78 is 5.90. The number of aryl methyl sites for hydroxylation is 1. The van der Waals surface area contributed by atoms with Gasteiger partial charge in [0.2, 0.25) is 0 Å². The third-order valence-electron chi connectivity index (χ3n) is 6.82. The highest BCUT2D eigenvalue weighted by Crippen LogP contribution is 2.47. The Morgan fingerprint density at radius 2 is 1.84 bits per heavy atom. The molecule has 32 heavy (non-hydrogen) atoms. The molecule has 0 unspecified atom stereocenters. The summed E-state index contributed by atoms with van der Waals surface area (Å²) in [7, 11) is 0. The van der Waals surface area contributed by atoms with Crippen LogP contribution in [0, 0.1) is 6.92 Å². The lowest BCUT2D eigenvalue weighted by atomic mass is 9.86. The predicted molar refractivity (Wildman–Crippen MR) is 128 cm³/mol. The number of nitrogens with one attached hydrogen (secondary N) is 1. The van der Waals surface area contributed by atoms with E-state index in [2.05, 4.69) is 47.4 Å². The third-order valence-corrected chi connectivity index (χ3v) is 6.82. The fourth-order valence-corrected chi connectivity index (χ4v) is 5.11. The second kappa shape index (κ2) is 7.23. The molecule has 5 nitrogen and oxygen atoms in total. The van der Waals surface area contributed by atoms with Crippen molar-refractivity contribution in [1.29, 1.82) is 0 Å². The van der Waals surface area contributed by atoms with Crippen molar-refractivity contribution >= 4 is 33.7 Å². The molecule has 0 saturated carbocycles. The standard InChI is InChI=1S/C27H25N3O2/c1-16-10-12-18(13-11-16)28-21-15-22(30-14-6-5-7-17(30)2)25-24-23(21)26(31)19-8-3-4-9-20(19)27(24)32-29-25/h3-4,8-13,15,17,28H,5-7,14H2,1-2H3/t17-/m0/s1. The van der Waals surface area contributed by atoms with Crippen LogP contribution in [0.2, 0.25) is 0 Å². The maximum Gasteiger partial charge on any atom is 0.196 e. The Morgan fingerprint density at radius 1 is 1.06 bits per heavy atom. The van der Waals surface area contributed by atoms with Crippen LogP contribution in [0.3, 0.4) is 0 Å². The smallest absolute Gasteiger partial charge is 0.196 e. The van der Waals surface area contributed by atoms with Gasteiger partial charge < -0.3 is 14.7 Å². The van der Waals surface area contributed by atoms with E-state index in [1.165, 1.54) is 12.0 Å². The van der Waals surface area contributed by atoms with E-state index in [1.54, 1.807) is 0 Å². The average Bonchev–Trinajstić information content (AvgIpc) is 3.25. The first-order valence-electron chi connectivity index (χ1n) is 11.3. The van der Waals surface area contributed by atoms with Gasteiger partial charge in [-0.1, -0.05) is 47.1 Å². The lowest BCUT2D eigenvalue weighted by Crippen LogP contribution is -2.37. The molecule has 0 radical (unpaired) electrons. The molecule has 0 spiro atoms. The molecule has 1 aromatic heterocycles. The summed E-state index contributed by atoms with van der Waals surface area (Å²) in [6.45, 7) is 5.31. The summed E-state index contributed by atoms with van der Waals surface area (Å²) in [6, 6.07) is 18.4. The van der Waals surface area contributed by atoms with E-state index < -0.39 is 0 Å². The van der Waals surface area contributed by atoms with Crippen LogP contribution in [0.4, 0.5) is 17.1 Å². The maximum absolute atomic E-state index is 13.7. The molecule has 4 aromatic rings. The number of carbonyl (C=O) groups excluding carboxylic acids is 1. The first-order chi connectivity index (χ1) is 15.6. The summed E-state index contributed by atoms with van der Waals surface area (Å²) in [5.74, 6) is 0.692. The van der Waals surface area contributed by atoms with Gasteiger partial charge in [-0.25, -0.2) is 0 Å². The van der Waals surface area contributed by atoms with Crippen molar-refractivity contribution in [3.8, 4) is 11.3 Å². The summed E-state index contributed by atoms with van der Waals surface area (Å²) >= 11 is 0. The van der Waals surface area contributed by atoms with Gasteiger partial charge in [0.1, 0.15) is 5.52 Å². The molecular formula is C27H25N3O2. The lowest BCUT2D eigenvalue weighted by Gasteiger charge is -2.36. The molecule has 0 amide bonds. The van der Waals surface area contributed by atoms with E-state index in [4.69, 9.17) is 4.52 Å². The Labute approximate surface area is 187 Å². The predicted octanol–water partition coefficient (Wildman–Crippen LogP) is 6.47. The number of aromatic nitrogens is 1. The van der Waals surface area contributed by atoms with Gasteiger partial charge in [0, 0.05) is 29.4 Å². The molecule has 2 aliphatic rings. The van der Waals surface area contributed by atoms with Crippen molar-refractivity contribution in [2.75, 3.05) is 16.8 Å². The molecular weight excluding hydrogens is 398 g/mol. The van der Waals surface area contributed by atoms with Gasteiger partial charge in [-0.05, 0) is 51.3 Å². The fraction of sp³-hybridized carbons (Fsp3) is 0.259. The van der Waals surface area contributed by atoms with E-state index in [0.717, 1.165) is 52.9 Å². The third kappa shape index (κ3) is 2.84. The highest BCUT2D eigenvalue weighted by molar-refractivity contribution is 6.28. The number of ketones is 1. The molecule has 3 aromatic carbocycles. The number of hydrogen-bond donors (Lipinski definition) is 1. The Kier molecular flexibility index (Phi) is 4.32. The van der Waals surface area contributed by atoms with Crippen LogP contribution in [0.5, 0.6) is 0 Å². The number of hydrogen-bond acceptors (Lipinski definition) is 5. The van der Waals surface area contributed by atoms with E-state index >= 15 is 0 Å². The first-order valence-corrected chi connectivity index (χ1v) is 11.3. The lowest BCUT2D eigenvalue weighted by molar-refractivity contribution is 0.104. The molecule has 1 aliphatic carbocycles. The minimum absolute atomic E-state index is 0.00848. The monoisotopic (exact) mass is 423 g/mol. The van der Waals surface area contributed by atoms with Crippen LogP contribution in [0.15, 0.2) is 59.1 Å². The fourth-order valence-electron chi connectivity index (χ4n) is 5.11. The van der Waals surface area contributed by atoms with Crippen LogP contribution < -0.4 is 10.2 Å². The van der Waals surface area contributed by atoms with E-state index in [1.807, 2.05) is 36.4 Å². The topological polar surface area (TPSA) is 58.4 Å². The van der Waals surface area contributed by atoms with Crippen LogP contribution in [-0.4, -0.2) is 23.5 Å². The summed E-state index contributed by atoms with van der Waals surface area (Å²) in [5.41, 5.74) is 6.88. The van der Waals surface area contributed by atoms with Crippen molar-refractivity contribution in [2.45, 2.75) is 39.2 Å². The summed E-state index contributed by atoms with van der Waals surface area (Å²) in [6.07, 6.45) is 3.54. The molecule has 2 heterocycles. The number of anilines is 3. The van der Waals surface area contributed by atoms with Crippen molar-refractivity contribution in [3.63, 3.8) is 0 Å². The van der Waals surface area contributed by atoms with Crippen LogP contribution in [-0.2, 0) is 0 Å². The number of piperidine rings is 1. The molecule has 5 heteroatoms. The summed E-state index contributed by atoms with van der Waals surface area (Å²) in [5, 5.41) is 8.85. The molecule has 6 rings (SSSR count). The zero-order valence-electron chi connectivity index (χ0n) is 18.3. The number of benzene rings is 3. The van der Waals surface area contributed by atoms with Crippen molar-refractivity contribution < 1.29 is 9.32 Å². The Hall–Kier alpha value is -3.60. The molecule has 1 N–H and O–H groups in total. The van der Waals surface area contributed by atoms with Gasteiger partial charge in [-0.2, -0.15) is 0 Å². The highest BCUT2D eigenvalue weighted by atomic mass is 16.5. The molecule has 160 valence electrons. The minimum atomic E-state index is 0.00848. The van der Waals surface area contributed by atoms with E-state index in [-0.39, 0.29) is 5.78 Å². The quantitative estimate of drug-likeness (QED) is 0.360. The molecule has 0 bridgehead atoms. The largest absolute Gasteiger partial charge is 0.367 e. The molecule has 1 aliphatic heterocycles. The van der Waals surface area contributed by atoms with Crippen LogP contribution >= 0.6 is 0 Å². The highest BCUT2D eigenvalue weighted by Gasteiger charge is 2.34. The SMILES string of the molecule is Cc1ccc(Nc2cc(N3CCCC[C@@H]3C)c3noc4c3c2C(=O)c2ccccc2-4)cc1. The van der Waals surface area contributed by atoms with E-state index in [0.29, 0.717) is 22.9 Å². The van der Waals surface area contributed by atoms with Crippen molar-refractivity contribution in [1.82, 2.24) is 5.16 Å². The normalized spacial score (nSPS) is 17.5. The number of fused-ring (bicyclic) bond motifs is 2. The first kappa shape index (κ1) is 19.1. The second-order valence-electron chi connectivity index (χ2n) is 8.96. The Bertz CT molecular complexity index is 1350. The zero-order chi connectivity index (χ0) is 21.8. The zero-order valence-corrected chi connectivity index (χ0v) is 18.3. The van der Waals surface area contributed by atoms with Gasteiger partial charge in [-0.3, -0.25) is 4.79 Å². The average molecular weight is 424 g/mol. The second-order valence-corrected chi connectivity index (χ2v) is 8.96. The van der Waals surface area contributed by atoms with Crippen molar-refractivity contribution in [2.24, 2.45) is 0 Å². The Balaban J connectivity index is 1.62. The number of nitrogens with zero attached hydrogens (tertiary/aromatic N) is 2. The van der Waals surface area contributed by atoms with E-state index in [9.17, 15) is 4.79 Å². The number of carbonyl (C=O) groups is 1. The molecule has 1 atom stereocenters. The van der Waals surface area contributed by atoms with Crippen molar-refractivity contribution in [3.05, 3.63) is 71.3 Å². The van der Waals surface area contributed by atoms with Gasteiger partial charge in [0.25, 0.3) is 0 Å². The van der Waals surface area contributed by atoms with Crippen LogP contribution in [0.1, 0.15) is 47.7 Å². The van der Waals surface area contributed by atoms with Gasteiger partial charge in [0.15, 0.2) is 11.5 Å². The summed E-state index contributed by atoms with van der Waals surface area (Å²) in [4.78, 5) is 16.1.